The van der Waals surface area contributed by atoms with Gasteiger partial charge >= 0.3 is 12.0 Å². The van der Waals surface area contributed by atoms with Crippen molar-refractivity contribution in [3.63, 3.8) is 0 Å². The summed E-state index contributed by atoms with van der Waals surface area (Å²) in [6.45, 7) is 2.87. The summed E-state index contributed by atoms with van der Waals surface area (Å²) < 4.78 is 31.5. The smallest absolute Gasteiger partial charge is 0.408 e. The Bertz CT molecular complexity index is 460. The van der Waals surface area contributed by atoms with E-state index in [4.69, 9.17) is 0 Å². The zero-order valence-corrected chi connectivity index (χ0v) is 9.59. The second kappa shape index (κ2) is 3.98. The Morgan fingerprint density at radius 2 is 2.06 bits per heavy atom. The van der Waals surface area contributed by atoms with Crippen LogP contribution in [-0.4, -0.2) is 18.6 Å². The number of hydrogen-bond acceptors (Lipinski definition) is 2. The van der Waals surface area contributed by atoms with Crippen molar-refractivity contribution in [1.82, 2.24) is 5.32 Å². The van der Waals surface area contributed by atoms with E-state index in [0.29, 0.717) is 5.56 Å². The third-order valence-electron chi connectivity index (χ3n) is 2.94. The molecule has 0 bridgehead atoms. The van der Waals surface area contributed by atoms with Crippen LogP contribution in [0.15, 0.2) is 18.2 Å². The van der Waals surface area contributed by atoms with Gasteiger partial charge < -0.3 is 10.1 Å². The van der Waals surface area contributed by atoms with Crippen LogP contribution in [0.1, 0.15) is 22.7 Å². The minimum absolute atomic E-state index is 0.398. The van der Waals surface area contributed by atoms with E-state index >= 15 is 0 Å². The van der Waals surface area contributed by atoms with Crippen LogP contribution in [-0.2, 0) is 4.74 Å². The van der Waals surface area contributed by atoms with E-state index < -0.39 is 24.7 Å². The lowest BCUT2D eigenvalue weighted by Crippen LogP contribution is -2.49. The molecule has 0 spiro atoms. The molecule has 1 aromatic rings. The van der Waals surface area contributed by atoms with Crippen LogP contribution >= 0.6 is 0 Å². The van der Waals surface area contributed by atoms with Crippen LogP contribution in [0.5, 0.6) is 0 Å². The maximum atomic E-state index is 13.6. The van der Waals surface area contributed by atoms with Crippen molar-refractivity contribution in [1.29, 1.82) is 0 Å². The topological polar surface area (TPSA) is 38.3 Å². The maximum Gasteiger partial charge on any atom is 0.408 e. The molecule has 17 heavy (non-hydrogen) atoms. The molecular weight excluding hydrogens is 228 g/mol. The van der Waals surface area contributed by atoms with Crippen LogP contribution < -0.4 is 5.32 Å². The van der Waals surface area contributed by atoms with E-state index in [1.54, 1.807) is 18.2 Å². The molecule has 1 heterocycles. The number of benzene rings is 1. The van der Waals surface area contributed by atoms with Gasteiger partial charge in [-0.1, -0.05) is 18.2 Å². The quantitative estimate of drug-likeness (QED) is 0.821. The van der Waals surface area contributed by atoms with Gasteiger partial charge in [0.1, 0.15) is 6.04 Å². The third kappa shape index (κ3) is 2.23. The Kier molecular flexibility index (Phi) is 2.77. The van der Waals surface area contributed by atoms with Crippen LogP contribution in [0.2, 0.25) is 0 Å². The minimum atomic E-state index is -3.09. The first kappa shape index (κ1) is 11.8. The van der Waals surface area contributed by atoms with Crippen molar-refractivity contribution in [3.8, 4) is 0 Å². The molecule has 1 aromatic carbocycles. The van der Waals surface area contributed by atoms with Gasteiger partial charge in [0.2, 0.25) is 0 Å². The molecule has 0 radical (unpaired) electrons. The molecule has 92 valence electrons. The predicted octanol–water partition coefficient (Wildman–Crippen LogP) is 2.72. The number of alkyl halides is 2. The summed E-state index contributed by atoms with van der Waals surface area (Å²) in [5.41, 5.74) is 2.34. The van der Waals surface area contributed by atoms with Gasteiger partial charge in [-0.05, 0) is 30.5 Å². The molecule has 0 aromatic heterocycles. The van der Waals surface area contributed by atoms with Gasteiger partial charge in [0.05, 0.1) is 0 Å². The second-order valence-electron chi connectivity index (χ2n) is 4.26. The minimum Gasteiger partial charge on any atom is -0.443 e. The van der Waals surface area contributed by atoms with E-state index in [1.807, 2.05) is 13.8 Å². The normalized spacial score (nSPS) is 22.8. The molecule has 3 nitrogen and oxygen atoms in total. The Morgan fingerprint density at radius 3 is 2.71 bits per heavy atom. The standard InChI is InChI=1S/C12H13F2NO2/c1-7-3-4-9(5-8(7)2)10-12(13,14)6-17-11(16)15-10/h3-5,10H,6H2,1-2H3,(H,15,16)/t10-/m1/s1. The highest BCUT2D eigenvalue weighted by atomic mass is 19.3. The van der Waals surface area contributed by atoms with Crippen molar-refractivity contribution in [2.45, 2.75) is 25.8 Å². The second-order valence-corrected chi connectivity index (χ2v) is 4.26. The highest BCUT2D eigenvalue weighted by Gasteiger charge is 2.46. The van der Waals surface area contributed by atoms with Crippen molar-refractivity contribution in [3.05, 3.63) is 34.9 Å². The number of hydrogen-bond donors (Lipinski definition) is 1. The largest absolute Gasteiger partial charge is 0.443 e. The molecule has 1 N–H and O–H groups in total. The van der Waals surface area contributed by atoms with Crippen molar-refractivity contribution in [2.24, 2.45) is 0 Å². The number of amides is 1. The summed E-state index contributed by atoms with van der Waals surface area (Å²) in [6, 6.07) is 3.72. The number of carbonyl (C=O) groups is 1. The van der Waals surface area contributed by atoms with Gasteiger partial charge in [0.25, 0.3) is 0 Å². The SMILES string of the molecule is Cc1ccc([C@H]2NC(=O)OCC2(F)F)cc1C. The fourth-order valence-electron chi connectivity index (χ4n) is 1.78. The maximum absolute atomic E-state index is 13.6. The highest BCUT2D eigenvalue weighted by Crippen LogP contribution is 2.34. The van der Waals surface area contributed by atoms with Gasteiger partial charge in [-0.2, -0.15) is 0 Å². The van der Waals surface area contributed by atoms with E-state index in [0.717, 1.165) is 11.1 Å². The average Bonchev–Trinajstić information content (AvgIpc) is 2.26. The molecule has 1 fully saturated rings. The summed E-state index contributed by atoms with van der Waals surface area (Å²) in [4.78, 5) is 11.0. The van der Waals surface area contributed by atoms with Gasteiger partial charge in [-0.15, -0.1) is 0 Å². The fraction of sp³-hybridized carbons (Fsp3) is 0.417. The van der Waals surface area contributed by atoms with Gasteiger partial charge in [-0.25, -0.2) is 13.6 Å². The number of nitrogens with one attached hydrogen (secondary N) is 1. The summed E-state index contributed by atoms with van der Waals surface area (Å²) >= 11 is 0. The number of ether oxygens (including phenoxy) is 1. The fourth-order valence-corrected chi connectivity index (χ4v) is 1.78. The highest BCUT2D eigenvalue weighted by molar-refractivity contribution is 5.69. The Balaban J connectivity index is 2.36. The summed E-state index contributed by atoms with van der Waals surface area (Å²) in [6.07, 6.45) is -0.806. The predicted molar refractivity (Wildman–Crippen MR) is 58.1 cm³/mol. The summed E-state index contributed by atoms with van der Waals surface area (Å²) in [5, 5.41) is 2.16. The molecule has 2 rings (SSSR count). The lowest BCUT2D eigenvalue weighted by atomic mass is 9.96. The molecule has 0 saturated carbocycles. The first-order valence-corrected chi connectivity index (χ1v) is 5.28. The molecule has 1 saturated heterocycles. The van der Waals surface area contributed by atoms with Gasteiger partial charge in [0, 0.05) is 0 Å². The zero-order chi connectivity index (χ0) is 12.6. The van der Waals surface area contributed by atoms with Crippen molar-refractivity contribution < 1.29 is 18.3 Å². The Morgan fingerprint density at radius 1 is 1.35 bits per heavy atom. The molecule has 1 amide bonds. The van der Waals surface area contributed by atoms with Crippen LogP contribution in [0.25, 0.3) is 0 Å². The molecular formula is C12H13F2NO2. The summed E-state index contributed by atoms with van der Waals surface area (Å²) in [5.74, 6) is -3.09. The first-order chi connectivity index (χ1) is 7.90. The van der Waals surface area contributed by atoms with Gasteiger partial charge in [0.15, 0.2) is 6.61 Å². The summed E-state index contributed by atoms with van der Waals surface area (Å²) in [7, 11) is 0. The lowest BCUT2D eigenvalue weighted by molar-refractivity contribution is -0.104. The van der Waals surface area contributed by atoms with E-state index in [1.165, 1.54) is 0 Å². The first-order valence-electron chi connectivity index (χ1n) is 5.28. The van der Waals surface area contributed by atoms with Crippen LogP contribution in [0.4, 0.5) is 13.6 Å². The van der Waals surface area contributed by atoms with Crippen LogP contribution in [0.3, 0.4) is 0 Å². The number of cyclic esters (lactones) is 1. The monoisotopic (exact) mass is 241 g/mol. The number of rotatable bonds is 1. The van der Waals surface area contributed by atoms with Gasteiger partial charge in [-0.3, -0.25) is 0 Å². The van der Waals surface area contributed by atoms with Crippen molar-refractivity contribution >= 4 is 6.09 Å². The Labute approximate surface area is 97.8 Å². The number of halogens is 2. The van der Waals surface area contributed by atoms with E-state index in [-0.39, 0.29) is 0 Å². The van der Waals surface area contributed by atoms with E-state index in [2.05, 4.69) is 10.1 Å². The van der Waals surface area contributed by atoms with E-state index in [9.17, 15) is 13.6 Å². The molecule has 1 aliphatic rings. The number of alkyl carbamates (subject to hydrolysis) is 1. The van der Waals surface area contributed by atoms with Crippen molar-refractivity contribution in [2.75, 3.05) is 6.61 Å². The molecule has 1 aliphatic heterocycles. The number of aryl methyl sites for hydroxylation is 2. The molecule has 0 aliphatic carbocycles. The number of carbonyl (C=O) groups excluding carboxylic acids is 1. The molecule has 0 unspecified atom stereocenters. The Hall–Kier alpha value is -1.65. The zero-order valence-electron chi connectivity index (χ0n) is 9.59. The third-order valence-corrected chi connectivity index (χ3v) is 2.94. The van der Waals surface area contributed by atoms with Crippen LogP contribution in [0, 0.1) is 13.8 Å². The average molecular weight is 241 g/mol. The molecule has 1 atom stereocenters. The lowest BCUT2D eigenvalue weighted by Gasteiger charge is -2.32. The molecule has 5 heteroatoms.